The molecule has 0 aliphatic heterocycles. The predicted molar refractivity (Wildman–Crippen MR) is 46.3 cm³/mol. The second kappa shape index (κ2) is 4.89. The van der Waals surface area contributed by atoms with Crippen molar-refractivity contribution in [3.8, 4) is 0 Å². The van der Waals surface area contributed by atoms with Gasteiger partial charge in [0.25, 0.3) is 0 Å². The molecule has 1 heterocycles. The number of rotatable bonds is 4. The second-order valence-corrected chi connectivity index (χ2v) is 2.73. The van der Waals surface area contributed by atoms with E-state index in [9.17, 15) is 0 Å². The van der Waals surface area contributed by atoms with Gasteiger partial charge in [-0.2, -0.15) is 0 Å². The maximum atomic E-state index is 3.94. The fourth-order valence-corrected chi connectivity index (χ4v) is 1.06. The molecule has 1 rings (SSSR count). The second-order valence-electron chi connectivity index (χ2n) is 2.73. The van der Waals surface area contributed by atoms with Crippen LogP contribution < -0.4 is 0 Å². The summed E-state index contributed by atoms with van der Waals surface area (Å²) in [6, 6.07) is 4.06. The first-order chi connectivity index (χ1) is 5.43. The molecule has 0 N–H and O–H groups in total. The Hall–Kier alpha value is -0.850. The van der Waals surface area contributed by atoms with E-state index >= 15 is 0 Å². The van der Waals surface area contributed by atoms with Crippen LogP contribution in [0.1, 0.15) is 31.7 Å². The van der Waals surface area contributed by atoms with Crippen LogP contribution in [-0.2, 0) is 6.42 Å². The van der Waals surface area contributed by atoms with Crippen LogP contribution in [0.25, 0.3) is 0 Å². The highest BCUT2D eigenvalue weighted by atomic mass is 14.6. The minimum absolute atomic E-state index is 1.13. The van der Waals surface area contributed by atoms with E-state index in [1.54, 1.807) is 6.20 Å². The Bertz CT molecular complexity index is 181. The van der Waals surface area contributed by atoms with Crippen molar-refractivity contribution in [2.75, 3.05) is 0 Å². The minimum atomic E-state index is 1.13. The largest absolute Gasteiger partial charge is 0.254 e. The highest BCUT2D eigenvalue weighted by Crippen LogP contribution is 2.03. The molecular weight excluding hydrogens is 134 g/mol. The minimum Gasteiger partial charge on any atom is -0.254 e. The maximum absolute atomic E-state index is 3.94. The number of hydrogen-bond donors (Lipinski definition) is 0. The Balaban J connectivity index is 2.28. The molecular formula is C10H14N. The van der Waals surface area contributed by atoms with E-state index in [4.69, 9.17) is 0 Å². The van der Waals surface area contributed by atoms with Crippen LogP contribution >= 0.6 is 0 Å². The summed E-state index contributed by atoms with van der Waals surface area (Å²) in [7, 11) is 0. The summed E-state index contributed by atoms with van der Waals surface area (Å²) in [5.74, 6) is 0. The van der Waals surface area contributed by atoms with E-state index in [1.807, 2.05) is 6.07 Å². The maximum Gasteiger partial charge on any atom is 0.0920 e. The summed E-state index contributed by atoms with van der Waals surface area (Å²) in [5, 5.41) is 0. The number of nitrogens with zero attached hydrogens (tertiary/aromatic N) is 1. The average molecular weight is 148 g/mol. The molecule has 0 atom stereocenters. The zero-order valence-electron chi connectivity index (χ0n) is 7.01. The van der Waals surface area contributed by atoms with E-state index in [-0.39, 0.29) is 0 Å². The Morgan fingerprint density at radius 3 is 3.00 bits per heavy atom. The molecule has 0 spiro atoms. The standard InChI is InChI=1S/C10H14N/c1-2-3-4-6-10-7-5-8-11-9-10/h5,7-8H,2-4,6H2,1H3. The quantitative estimate of drug-likeness (QED) is 0.598. The molecule has 1 aromatic heterocycles. The van der Waals surface area contributed by atoms with Crippen LogP contribution in [-0.4, -0.2) is 4.98 Å². The number of aryl methyl sites for hydroxylation is 1. The normalized spacial score (nSPS) is 9.91. The lowest BCUT2D eigenvalue weighted by Gasteiger charge is -1.96. The van der Waals surface area contributed by atoms with Crippen LogP contribution in [0.2, 0.25) is 0 Å². The molecule has 0 saturated carbocycles. The molecule has 1 heteroatoms. The van der Waals surface area contributed by atoms with Gasteiger partial charge in [-0.1, -0.05) is 25.8 Å². The highest BCUT2D eigenvalue weighted by Gasteiger charge is 1.90. The molecule has 0 saturated heterocycles. The van der Waals surface area contributed by atoms with Crippen molar-refractivity contribution in [2.45, 2.75) is 32.6 Å². The van der Waals surface area contributed by atoms with E-state index < -0.39 is 0 Å². The third-order valence-electron chi connectivity index (χ3n) is 1.72. The smallest absolute Gasteiger partial charge is 0.0920 e. The van der Waals surface area contributed by atoms with Crippen LogP contribution in [0.15, 0.2) is 18.3 Å². The fourth-order valence-electron chi connectivity index (χ4n) is 1.06. The van der Waals surface area contributed by atoms with Gasteiger partial charge in [-0.3, -0.25) is 4.98 Å². The molecule has 0 aliphatic carbocycles. The number of unbranched alkanes of at least 4 members (excludes halogenated alkanes) is 2. The fraction of sp³-hybridized carbons (Fsp3) is 0.500. The molecule has 0 aromatic carbocycles. The molecule has 0 amide bonds. The van der Waals surface area contributed by atoms with Crippen molar-refractivity contribution in [1.29, 1.82) is 0 Å². The van der Waals surface area contributed by atoms with Gasteiger partial charge in [0.2, 0.25) is 0 Å². The summed E-state index contributed by atoms with van der Waals surface area (Å²) >= 11 is 0. The molecule has 59 valence electrons. The number of hydrogen-bond acceptors (Lipinski definition) is 1. The van der Waals surface area contributed by atoms with Crippen LogP contribution in [0.5, 0.6) is 0 Å². The Morgan fingerprint density at radius 1 is 1.45 bits per heavy atom. The Morgan fingerprint density at radius 2 is 2.36 bits per heavy atom. The lowest BCUT2D eigenvalue weighted by Crippen LogP contribution is -1.85. The first-order valence-corrected chi connectivity index (χ1v) is 4.25. The average Bonchev–Trinajstić information content (AvgIpc) is 2.07. The van der Waals surface area contributed by atoms with Gasteiger partial charge in [-0.05, 0) is 24.5 Å². The summed E-state index contributed by atoms with van der Waals surface area (Å²) < 4.78 is 0. The highest BCUT2D eigenvalue weighted by molar-refractivity contribution is 5.06. The van der Waals surface area contributed by atoms with Crippen molar-refractivity contribution in [3.05, 3.63) is 30.1 Å². The van der Waals surface area contributed by atoms with Crippen molar-refractivity contribution in [3.63, 3.8) is 0 Å². The Labute approximate surface area is 68.5 Å². The molecule has 1 aromatic rings. The molecule has 0 aliphatic rings. The SMILES string of the molecule is CCCCCc1[c]nccc1. The van der Waals surface area contributed by atoms with Gasteiger partial charge in [0.15, 0.2) is 0 Å². The summed E-state index contributed by atoms with van der Waals surface area (Å²) in [5.41, 5.74) is 1.24. The van der Waals surface area contributed by atoms with Crippen LogP contribution in [0.4, 0.5) is 0 Å². The molecule has 0 bridgehead atoms. The monoisotopic (exact) mass is 148 g/mol. The number of aromatic nitrogens is 1. The first-order valence-electron chi connectivity index (χ1n) is 4.25. The summed E-state index contributed by atoms with van der Waals surface area (Å²) in [6.45, 7) is 2.22. The number of pyridine rings is 1. The van der Waals surface area contributed by atoms with E-state index in [2.05, 4.69) is 24.2 Å². The molecule has 11 heavy (non-hydrogen) atoms. The predicted octanol–water partition coefficient (Wildman–Crippen LogP) is 2.61. The van der Waals surface area contributed by atoms with Crippen molar-refractivity contribution >= 4 is 0 Å². The summed E-state index contributed by atoms with van der Waals surface area (Å²) in [4.78, 5) is 3.94. The summed E-state index contributed by atoms with van der Waals surface area (Å²) in [6.07, 6.45) is 9.72. The van der Waals surface area contributed by atoms with E-state index in [0.29, 0.717) is 0 Å². The molecule has 0 unspecified atom stereocenters. The Kier molecular flexibility index (Phi) is 3.67. The van der Waals surface area contributed by atoms with Crippen molar-refractivity contribution < 1.29 is 0 Å². The lowest BCUT2D eigenvalue weighted by molar-refractivity contribution is 0.715. The topological polar surface area (TPSA) is 12.9 Å². The van der Waals surface area contributed by atoms with Gasteiger partial charge in [-0.25, -0.2) is 0 Å². The molecule has 1 nitrogen and oxygen atoms in total. The van der Waals surface area contributed by atoms with E-state index in [1.165, 1.54) is 24.8 Å². The van der Waals surface area contributed by atoms with Crippen LogP contribution in [0.3, 0.4) is 0 Å². The third kappa shape index (κ3) is 3.17. The van der Waals surface area contributed by atoms with Crippen molar-refractivity contribution in [2.24, 2.45) is 0 Å². The van der Waals surface area contributed by atoms with Gasteiger partial charge in [-0.15, -0.1) is 0 Å². The van der Waals surface area contributed by atoms with Gasteiger partial charge in [0.1, 0.15) is 0 Å². The first kappa shape index (κ1) is 8.25. The zero-order chi connectivity index (χ0) is 7.94. The van der Waals surface area contributed by atoms with Crippen LogP contribution in [0, 0.1) is 6.20 Å². The molecule has 1 radical (unpaired) electrons. The third-order valence-corrected chi connectivity index (χ3v) is 1.72. The van der Waals surface area contributed by atoms with E-state index in [0.717, 1.165) is 6.42 Å². The zero-order valence-corrected chi connectivity index (χ0v) is 7.01. The van der Waals surface area contributed by atoms with Gasteiger partial charge in [0, 0.05) is 6.20 Å². The molecule has 0 fully saturated rings. The van der Waals surface area contributed by atoms with Gasteiger partial charge >= 0.3 is 0 Å². The van der Waals surface area contributed by atoms with Gasteiger partial charge in [0.05, 0.1) is 6.20 Å². The lowest BCUT2D eigenvalue weighted by atomic mass is 10.1. The van der Waals surface area contributed by atoms with Crippen molar-refractivity contribution in [1.82, 2.24) is 4.98 Å². The van der Waals surface area contributed by atoms with Gasteiger partial charge < -0.3 is 0 Å².